The largest absolute Gasteiger partial charge is 0.324 e. The number of pyridine rings is 1. The van der Waals surface area contributed by atoms with Crippen LogP contribution in [0.25, 0.3) is 22.6 Å². The van der Waals surface area contributed by atoms with Gasteiger partial charge in [-0.15, -0.1) is 0 Å². The molecule has 0 fully saturated rings. The summed E-state index contributed by atoms with van der Waals surface area (Å²) in [6, 6.07) is 7.28. The maximum Gasteiger partial charge on any atom is 0.229 e. The predicted molar refractivity (Wildman–Crippen MR) is 93.9 cm³/mol. The molecule has 1 aromatic carbocycles. The molecule has 26 heavy (non-hydrogen) atoms. The van der Waals surface area contributed by atoms with Gasteiger partial charge in [0.1, 0.15) is 11.3 Å². The molecule has 0 spiro atoms. The second-order valence-corrected chi connectivity index (χ2v) is 5.57. The van der Waals surface area contributed by atoms with E-state index >= 15 is 0 Å². The van der Waals surface area contributed by atoms with Crippen molar-refractivity contribution in [3.8, 4) is 11.4 Å². The van der Waals surface area contributed by atoms with Crippen LogP contribution in [0.15, 0.2) is 48.9 Å². The first-order valence-corrected chi connectivity index (χ1v) is 8.01. The number of anilines is 2. The van der Waals surface area contributed by atoms with E-state index in [-0.39, 0.29) is 5.95 Å². The van der Waals surface area contributed by atoms with Crippen molar-refractivity contribution in [1.82, 2.24) is 24.5 Å². The van der Waals surface area contributed by atoms with E-state index in [1.165, 1.54) is 6.07 Å². The number of rotatable bonds is 4. The van der Waals surface area contributed by atoms with Gasteiger partial charge in [-0.25, -0.2) is 18.7 Å². The highest BCUT2D eigenvalue weighted by atomic mass is 19.2. The van der Waals surface area contributed by atoms with Crippen LogP contribution < -0.4 is 5.32 Å². The van der Waals surface area contributed by atoms with Crippen LogP contribution in [0.1, 0.15) is 6.92 Å². The van der Waals surface area contributed by atoms with Crippen molar-refractivity contribution in [2.45, 2.75) is 13.5 Å². The van der Waals surface area contributed by atoms with Crippen molar-refractivity contribution < 1.29 is 8.78 Å². The van der Waals surface area contributed by atoms with Crippen LogP contribution in [0.4, 0.5) is 20.4 Å². The summed E-state index contributed by atoms with van der Waals surface area (Å²) in [5, 5.41) is 2.88. The summed E-state index contributed by atoms with van der Waals surface area (Å²) in [4.78, 5) is 17.3. The van der Waals surface area contributed by atoms with Gasteiger partial charge in [-0.2, -0.15) is 4.98 Å². The fourth-order valence-corrected chi connectivity index (χ4v) is 2.70. The molecule has 0 bridgehead atoms. The first-order valence-electron chi connectivity index (χ1n) is 8.01. The Morgan fingerprint density at radius 1 is 1.04 bits per heavy atom. The minimum atomic E-state index is -0.936. The summed E-state index contributed by atoms with van der Waals surface area (Å²) in [5.74, 6) is -0.795. The Hall–Kier alpha value is -3.42. The molecule has 0 aliphatic rings. The maximum atomic E-state index is 13.4. The Bertz CT molecular complexity index is 1080. The molecule has 1 N–H and O–H groups in total. The van der Waals surface area contributed by atoms with Gasteiger partial charge < -0.3 is 9.88 Å². The van der Waals surface area contributed by atoms with Gasteiger partial charge in [0.25, 0.3) is 0 Å². The summed E-state index contributed by atoms with van der Waals surface area (Å²) < 4.78 is 28.4. The Balaban J connectivity index is 1.76. The van der Waals surface area contributed by atoms with Gasteiger partial charge in [0, 0.05) is 36.3 Å². The zero-order valence-corrected chi connectivity index (χ0v) is 13.8. The van der Waals surface area contributed by atoms with E-state index in [0.717, 1.165) is 23.5 Å². The molecule has 3 aromatic heterocycles. The number of hydrogen-bond donors (Lipinski definition) is 1. The number of nitrogens with one attached hydrogen (secondary N) is 1. The van der Waals surface area contributed by atoms with Crippen LogP contribution in [0.3, 0.4) is 0 Å². The number of benzene rings is 1. The molecular weight excluding hydrogens is 338 g/mol. The summed E-state index contributed by atoms with van der Waals surface area (Å²) >= 11 is 0. The van der Waals surface area contributed by atoms with Gasteiger partial charge in [0.15, 0.2) is 17.3 Å². The number of hydrogen-bond acceptors (Lipinski definition) is 5. The summed E-state index contributed by atoms with van der Waals surface area (Å²) in [6.07, 6.45) is 5.01. The van der Waals surface area contributed by atoms with Crippen LogP contribution in [0.5, 0.6) is 0 Å². The third-order valence-electron chi connectivity index (χ3n) is 3.92. The van der Waals surface area contributed by atoms with E-state index < -0.39 is 11.6 Å². The van der Waals surface area contributed by atoms with Crippen molar-refractivity contribution in [2.75, 3.05) is 5.32 Å². The lowest BCUT2D eigenvalue weighted by Gasteiger charge is -2.07. The van der Waals surface area contributed by atoms with E-state index in [1.54, 1.807) is 18.6 Å². The fraction of sp³-hybridized carbons (Fsp3) is 0.111. The van der Waals surface area contributed by atoms with Crippen LogP contribution in [-0.4, -0.2) is 24.5 Å². The van der Waals surface area contributed by atoms with Crippen molar-refractivity contribution in [3.63, 3.8) is 0 Å². The molecule has 0 amide bonds. The SMILES string of the molecule is CCn1c(-c2ccncc2)nc2cnc(Nc3ccc(F)c(F)c3)nc21. The van der Waals surface area contributed by atoms with Crippen LogP contribution in [0.2, 0.25) is 0 Å². The van der Waals surface area contributed by atoms with Crippen LogP contribution in [-0.2, 0) is 6.54 Å². The molecule has 8 heteroatoms. The molecule has 3 heterocycles. The van der Waals surface area contributed by atoms with Crippen LogP contribution in [0, 0.1) is 11.6 Å². The summed E-state index contributed by atoms with van der Waals surface area (Å²) in [7, 11) is 0. The molecule has 0 aliphatic carbocycles. The first kappa shape index (κ1) is 16.1. The topological polar surface area (TPSA) is 68.5 Å². The van der Waals surface area contributed by atoms with E-state index in [9.17, 15) is 8.78 Å². The Labute approximate surface area is 147 Å². The fourth-order valence-electron chi connectivity index (χ4n) is 2.70. The van der Waals surface area contributed by atoms with Gasteiger partial charge in [-0.05, 0) is 31.2 Å². The van der Waals surface area contributed by atoms with Gasteiger partial charge in [-0.1, -0.05) is 0 Å². The van der Waals surface area contributed by atoms with Crippen molar-refractivity contribution in [3.05, 3.63) is 60.6 Å². The zero-order chi connectivity index (χ0) is 18.1. The lowest BCUT2D eigenvalue weighted by Crippen LogP contribution is -2.02. The molecule has 0 saturated heterocycles. The Morgan fingerprint density at radius 2 is 1.85 bits per heavy atom. The smallest absolute Gasteiger partial charge is 0.229 e. The number of fused-ring (bicyclic) bond motifs is 1. The minimum absolute atomic E-state index is 0.277. The van der Waals surface area contributed by atoms with Crippen LogP contribution >= 0.6 is 0 Å². The number of imidazole rings is 1. The molecule has 0 unspecified atom stereocenters. The van der Waals surface area contributed by atoms with Gasteiger partial charge >= 0.3 is 0 Å². The molecule has 4 aromatic rings. The van der Waals surface area contributed by atoms with Crippen molar-refractivity contribution in [1.29, 1.82) is 0 Å². The third kappa shape index (κ3) is 2.85. The quantitative estimate of drug-likeness (QED) is 0.603. The highest BCUT2D eigenvalue weighted by Crippen LogP contribution is 2.24. The standard InChI is InChI=1S/C18H14F2N6/c1-2-26-16(11-5-7-21-8-6-11)24-15-10-22-18(25-17(15)26)23-12-3-4-13(19)14(20)9-12/h3-10H,2H2,1H3,(H,22,23,25). The highest BCUT2D eigenvalue weighted by molar-refractivity contribution is 5.77. The molecule has 0 atom stereocenters. The second-order valence-electron chi connectivity index (χ2n) is 5.57. The van der Waals surface area contributed by atoms with E-state index in [0.29, 0.717) is 23.4 Å². The number of aryl methyl sites for hydroxylation is 1. The number of halogens is 2. The van der Waals surface area contributed by atoms with E-state index in [4.69, 9.17) is 0 Å². The maximum absolute atomic E-state index is 13.4. The summed E-state index contributed by atoms with van der Waals surface area (Å²) in [6.45, 7) is 2.66. The molecule has 0 aliphatic heterocycles. The lowest BCUT2D eigenvalue weighted by molar-refractivity contribution is 0.509. The molecule has 6 nitrogen and oxygen atoms in total. The Morgan fingerprint density at radius 3 is 2.58 bits per heavy atom. The third-order valence-corrected chi connectivity index (χ3v) is 3.92. The number of nitrogens with zero attached hydrogens (tertiary/aromatic N) is 5. The minimum Gasteiger partial charge on any atom is -0.324 e. The molecule has 4 rings (SSSR count). The predicted octanol–water partition coefficient (Wildman–Crippen LogP) is 3.93. The van der Waals surface area contributed by atoms with Crippen molar-refractivity contribution in [2.24, 2.45) is 0 Å². The first-order chi connectivity index (χ1) is 12.7. The molecule has 0 saturated carbocycles. The number of aromatic nitrogens is 5. The average Bonchev–Trinajstić information content (AvgIpc) is 3.03. The zero-order valence-electron chi connectivity index (χ0n) is 13.8. The van der Waals surface area contributed by atoms with Gasteiger partial charge in [0.2, 0.25) is 5.95 Å². The van der Waals surface area contributed by atoms with Gasteiger partial charge in [-0.3, -0.25) is 4.98 Å². The normalized spacial score (nSPS) is 11.0. The molecular formula is C18H14F2N6. The monoisotopic (exact) mass is 352 g/mol. The van der Waals surface area contributed by atoms with E-state index in [1.807, 2.05) is 23.6 Å². The van der Waals surface area contributed by atoms with Crippen molar-refractivity contribution >= 4 is 22.8 Å². The molecule has 0 radical (unpaired) electrons. The highest BCUT2D eigenvalue weighted by Gasteiger charge is 2.14. The Kier molecular flexibility index (Phi) is 4.00. The average molecular weight is 352 g/mol. The van der Waals surface area contributed by atoms with E-state index in [2.05, 4.69) is 25.3 Å². The van der Waals surface area contributed by atoms with Gasteiger partial charge in [0.05, 0.1) is 6.20 Å². The summed E-state index contributed by atoms with van der Waals surface area (Å²) in [5.41, 5.74) is 2.59. The molecule has 130 valence electrons. The second kappa shape index (κ2) is 6.47. The lowest BCUT2D eigenvalue weighted by atomic mass is 10.2.